The lowest BCUT2D eigenvalue weighted by atomic mass is 9.95. The number of ether oxygens (including phenoxy) is 2. The first kappa shape index (κ1) is 17.8. The number of aromatic nitrogens is 2. The van der Waals surface area contributed by atoms with Crippen LogP contribution in [0, 0.1) is 0 Å². The molecule has 1 saturated heterocycles. The van der Waals surface area contributed by atoms with Crippen LogP contribution in [0.1, 0.15) is 26.0 Å². The van der Waals surface area contributed by atoms with Crippen LogP contribution in [0.4, 0.5) is 4.39 Å². The number of aromatic amines is 1. The van der Waals surface area contributed by atoms with E-state index < -0.39 is 42.0 Å². The lowest BCUT2D eigenvalue weighted by Gasteiger charge is -2.28. The highest BCUT2D eigenvalue weighted by Gasteiger charge is 2.56. The van der Waals surface area contributed by atoms with Crippen molar-refractivity contribution in [2.75, 3.05) is 19.9 Å². The molecular formula is C14H21FN2O6. The Morgan fingerprint density at radius 2 is 2.26 bits per heavy atom. The monoisotopic (exact) mass is 332 g/mol. The predicted octanol–water partition coefficient (Wildman–Crippen LogP) is -0.688. The third-order valence-electron chi connectivity index (χ3n) is 3.84. The number of hydrogen-bond donors (Lipinski definition) is 3. The molecule has 9 heteroatoms. The summed E-state index contributed by atoms with van der Waals surface area (Å²) in [5.74, 6) is 0. The molecule has 1 aliphatic heterocycles. The fourth-order valence-electron chi connectivity index (χ4n) is 2.47. The Bertz CT molecular complexity index is 632. The van der Waals surface area contributed by atoms with Gasteiger partial charge >= 0.3 is 5.69 Å². The van der Waals surface area contributed by atoms with E-state index in [0.29, 0.717) is 6.61 Å². The zero-order chi connectivity index (χ0) is 17.0. The minimum Gasteiger partial charge on any atom is -0.387 e. The second-order valence-electron chi connectivity index (χ2n) is 5.54. The first-order valence-electron chi connectivity index (χ1n) is 7.45. The van der Waals surface area contributed by atoms with Crippen LogP contribution in [0.2, 0.25) is 0 Å². The van der Waals surface area contributed by atoms with Crippen LogP contribution in [-0.4, -0.2) is 57.5 Å². The van der Waals surface area contributed by atoms with Crippen LogP contribution >= 0.6 is 0 Å². The van der Waals surface area contributed by atoms with Crippen molar-refractivity contribution in [3.63, 3.8) is 0 Å². The minimum atomic E-state index is -2.30. The van der Waals surface area contributed by atoms with Gasteiger partial charge in [0.2, 0.25) is 0 Å². The van der Waals surface area contributed by atoms with E-state index >= 15 is 0 Å². The molecule has 0 spiro atoms. The van der Waals surface area contributed by atoms with Crippen LogP contribution < -0.4 is 11.2 Å². The van der Waals surface area contributed by atoms with Crippen molar-refractivity contribution in [2.24, 2.45) is 0 Å². The summed E-state index contributed by atoms with van der Waals surface area (Å²) in [5.41, 5.74) is -3.80. The molecule has 1 unspecified atom stereocenters. The molecule has 1 aliphatic rings. The highest BCUT2D eigenvalue weighted by atomic mass is 19.1. The second-order valence-corrected chi connectivity index (χ2v) is 5.54. The highest BCUT2D eigenvalue weighted by molar-refractivity contribution is 5.03. The van der Waals surface area contributed by atoms with E-state index in [1.165, 1.54) is 0 Å². The molecule has 4 atom stereocenters. The Kier molecular flexibility index (Phi) is 5.69. The summed E-state index contributed by atoms with van der Waals surface area (Å²) < 4.78 is 25.0. The van der Waals surface area contributed by atoms with Gasteiger partial charge in [0.1, 0.15) is 18.9 Å². The van der Waals surface area contributed by atoms with Gasteiger partial charge in [0.05, 0.1) is 6.61 Å². The van der Waals surface area contributed by atoms with Crippen LogP contribution in [0.15, 0.2) is 21.9 Å². The molecule has 0 aromatic carbocycles. The van der Waals surface area contributed by atoms with Crippen molar-refractivity contribution in [3.05, 3.63) is 33.1 Å². The number of H-pyrrole nitrogens is 1. The minimum absolute atomic E-state index is 0.0436. The Labute approximate surface area is 131 Å². The first-order valence-corrected chi connectivity index (χ1v) is 7.45. The van der Waals surface area contributed by atoms with Gasteiger partial charge in [-0.15, -0.1) is 0 Å². The van der Waals surface area contributed by atoms with Crippen LogP contribution in [0.25, 0.3) is 0 Å². The van der Waals surface area contributed by atoms with Crippen LogP contribution in [0.5, 0.6) is 0 Å². The third kappa shape index (κ3) is 3.52. The Morgan fingerprint density at radius 3 is 2.87 bits per heavy atom. The fraction of sp³-hybridized carbons (Fsp3) is 0.714. The molecule has 1 aromatic heterocycles. The Morgan fingerprint density at radius 1 is 1.52 bits per heavy atom. The van der Waals surface area contributed by atoms with Crippen molar-refractivity contribution in [1.29, 1.82) is 0 Å². The van der Waals surface area contributed by atoms with E-state index in [1.807, 2.05) is 11.9 Å². The summed E-state index contributed by atoms with van der Waals surface area (Å²) in [4.78, 5) is 24.9. The van der Waals surface area contributed by atoms with Crippen molar-refractivity contribution in [1.82, 2.24) is 9.55 Å². The lowest BCUT2D eigenvalue weighted by molar-refractivity contribution is -0.121. The fourth-order valence-corrected chi connectivity index (χ4v) is 2.47. The molecule has 0 saturated carbocycles. The SMILES string of the molecule is CCCCOC[C@H]1O[C@@H](n2ccc(=O)[nH]c2=O)[C@@](O)(CF)C1O. The molecule has 3 N–H and O–H groups in total. The topological polar surface area (TPSA) is 114 Å². The van der Waals surface area contributed by atoms with Gasteiger partial charge in [-0.2, -0.15) is 0 Å². The number of rotatable bonds is 7. The van der Waals surface area contributed by atoms with Gasteiger partial charge in [0, 0.05) is 18.9 Å². The molecule has 2 heterocycles. The molecule has 8 nitrogen and oxygen atoms in total. The maximum atomic E-state index is 13.4. The highest BCUT2D eigenvalue weighted by Crippen LogP contribution is 2.38. The van der Waals surface area contributed by atoms with Gasteiger partial charge in [0.25, 0.3) is 5.56 Å². The van der Waals surface area contributed by atoms with E-state index in [4.69, 9.17) is 9.47 Å². The summed E-state index contributed by atoms with van der Waals surface area (Å²) in [5, 5.41) is 20.6. The number of unbranched alkanes of at least 4 members (excludes halogenated alkanes) is 1. The summed E-state index contributed by atoms with van der Waals surface area (Å²) in [7, 11) is 0. The number of nitrogens with zero attached hydrogens (tertiary/aromatic N) is 1. The van der Waals surface area contributed by atoms with Gasteiger partial charge in [-0.25, -0.2) is 9.18 Å². The Hall–Kier alpha value is -1.55. The number of alkyl halides is 1. The van der Waals surface area contributed by atoms with E-state index in [-0.39, 0.29) is 6.61 Å². The number of aliphatic hydroxyl groups is 2. The van der Waals surface area contributed by atoms with Crippen molar-refractivity contribution < 1.29 is 24.1 Å². The smallest absolute Gasteiger partial charge is 0.330 e. The van der Waals surface area contributed by atoms with Gasteiger partial charge in [-0.3, -0.25) is 14.3 Å². The lowest BCUT2D eigenvalue weighted by Crippen LogP contribution is -2.51. The number of aliphatic hydroxyl groups excluding tert-OH is 1. The summed E-state index contributed by atoms with van der Waals surface area (Å²) in [6.45, 7) is 1.07. The van der Waals surface area contributed by atoms with E-state index in [1.54, 1.807) is 0 Å². The first-order chi connectivity index (χ1) is 10.9. The number of hydrogen-bond acceptors (Lipinski definition) is 6. The third-order valence-corrected chi connectivity index (χ3v) is 3.84. The van der Waals surface area contributed by atoms with Crippen LogP contribution in [0.3, 0.4) is 0 Å². The maximum Gasteiger partial charge on any atom is 0.330 e. The average molecular weight is 332 g/mol. The van der Waals surface area contributed by atoms with Gasteiger partial charge in [-0.05, 0) is 6.42 Å². The van der Waals surface area contributed by atoms with Gasteiger partial charge in [-0.1, -0.05) is 13.3 Å². The maximum absolute atomic E-state index is 13.4. The average Bonchev–Trinajstić information content (AvgIpc) is 2.77. The van der Waals surface area contributed by atoms with Crippen LogP contribution in [-0.2, 0) is 9.47 Å². The molecule has 0 radical (unpaired) electrons. The number of halogens is 1. The molecule has 130 valence electrons. The van der Waals surface area contributed by atoms with E-state index in [0.717, 1.165) is 29.7 Å². The zero-order valence-electron chi connectivity index (χ0n) is 12.8. The predicted molar refractivity (Wildman–Crippen MR) is 77.9 cm³/mol. The molecular weight excluding hydrogens is 311 g/mol. The normalized spacial score (nSPS) is 30.7. The molecule has 0 aliphatic carbocycles. The second kappa shape index (κ2) is 7.35. The molecule has 1 fully saturated rings. The van der Waals surface area contributed by atoms with Gasteiger partial charge in [0.15, 0.2) is 11.8 Å². The van der Waals surface area contributed by atoms with Crippen molar-refractivity contribution in [2.45, 2.75) is 43.8 Å². The van der Waals surface area contributed by atoms with Gasteiger partial charge < -0.3 is 19.7 Å². The Balaban J connectivity index is 2.21. The van der Waals surface area contributed by atoms with E-state index in [9.17, 15) is 24.2 Å². The summed E-state index contributed by atoms with van der Waals surface area (Å²) >= 11 is 0. The zero-order valence-corrected chi connectivity index (χ0v) is 12.8. The molecule has 0 bridgehead atoms. The van der Waals surface area contributed by atoms with Crippen molar-refractivity contribution in [3.8, 4) is 0 Å². The van der Waals surface area contributed by atoms with E-state index in [2.05, 4.69) is 0 Å². The summed E-state index contributed by atoms with van der Waals surface area (Å²) in [6, 6.07) is 1.04. The summed E-state index contributed by atoms with van der Waals surface area (Å²) in [6.07, 6.45) is -1.20. The standard InChI is InChI=1S/C14H21FN2O6/c1-2-3-6-22-7-9-11(19)14(21,8-15)12(23-9)17-5-4-10(18)16-13(17)20/h4-5,9,11-12,19,21H,2-3,6-8H2,1H3,(H,16,18,20)/t9-,11?,12-,14-/m1/s1. The molecule has 23 heavy (non-hydrogen) atoms. The molecule has 0 amide bonds. The molecule has 1 aromatic rings. The number of nitrogens with one attached hydrogen (secondary N) is 1. The largest absolute Gasteiger partial charge is 0.387 e. The van der Waals surface area contributed by atoms with Crippen molar-refractivity contribution >= 4 is 0 Å². The quantitative estimate of drug-likeness (QED) is 0.570. The molecule has 2 rings (SSSR count).